The number of hydrogen-bond donors (Lipinski definition) is 2. The monoisotopic (exact) mass is 177 g/mol. The van der Waals surface area contributed by atoms with E-state index in [1.165, 1.54) is 0 Å². The Morgan fingerprint density at radius 1 is 1.38 bits per heavy atom. The van der Waals surface area contributed by atoms with Crippen molar-refractivity contribution < 1.29 is 5.11 Å². The number of aliphatic hydroxyl groups is 1. The number of aliphatic hydroxyl groups excluding tert-OH is 1. The smallest absolute Gasteiger partial charge is 0.0793 e. The van der Waals surface area contributed by atoms with Crippen LogP contribution in [0.5, 0.6) is 0 Å². The molecule has 0 amide bonds. The van der Waals surface area contributed by atoms with Gasteiger partial charge in [0.1, 0.15) is 0 Å². The molecule has 0 aliphatic carbocycles. The lowest BCUT2D eigenvalue weighted by Gasteiger charge is -2.09. The van der Waals surface area contributed by atoms with Crippen molar-refractivity contribution in [1.82, 2.24) is 0 Å². The van der Waals surface area contributed by atoms with Crippen molar-refractivity contribution in [3.05, 3.63) is 35.9 Å². The normalized spacial score (nSPS) is 12.5. The van der Waals surface area contributed by atoms with Crippen LogP contribution in [-0.4, -0.2) is 10.8 Å². The maximum Gasteiger partial charge on any atom is 0.0793 e. The van der Waals surface area contributed by atoms with Gasteiger partial charge < -0.3 is 10.5 Å². The van der Waals surface area contributed by atoms with Gasteiger partial charge in [0.2, 0.25) is 0 Å². The summed E-state index contributed by atoms with van der Waals surface area (Å²) in [5.41, 5.74) is 1.55. The van der Waals surface area contributed by atoms with Crippen LogP contribution >= 0.6 is 0 Å². The second kappa shape index (κ2) is 4.77. The van der Waals surface area contributed by atoms with Crippen LogP contribution in [0.25, 0.3) is 0 Å². The summed E-state index contributed by atoms with van der Waals surface area (Å²) in [5.74, 6) is 0. The standard InChI is InChI=1S/C11H15NO/c1-9(12)7-8-11(13)10-5-3-2-4-6-10/h2-6,11-13H,7-8H2,1H3. The van der Waals surface area contributed by atoms with Gasteiger partial charge in [0.05, 0.1) is 6.10 Å². The van der Waals surface area contributed by atoms with Gasteiger partial charge in [-0.15, -0.1) is 0 Å². The van der Waals surface area contributed by atoms with Gasteiger partial charge in [-0.2, -0.15) is 0 Å². The first-order chi connectivity index (χ1) is 6.20. The van der Waals surface area contributed by atoms with Crippen LogP contribution in [-0.2, 0) is 0 Å². The summed E-state index contributed by atoms with van der Waals surface area (Å²) in [7, 11) is 0. The lowest BCUT2D eigenvalue weighted by atomic mass is 10.0. The minimum absolute atomic E-state index is 0.429. The summed E-state index contributed by atoms with van der Waals surface area (Å²) in [4.78, 5) is 0. The first kappa shape index (κ1) is 9.93. The lowest BCUT2D eigenvalue weighted by Crippen LogP contribution is -1.99. The molecule has 0 aliphatic rings. The van der Waals surface area contributed by atoms with E-state index >= 15 is 0 Å². The van der Waals surface area contributed by atoms with E-state index < -0.39 is 6.10 Å². The molecule has 0 saturated heterocycles. The summed E-state index contributed by atoms with van der Waals surface area (Å²) < 4.78 is 0. The van der Waals surface area contributed by atoms with Crippen molar-refractivity contribution in [3.8, 4) is 0 Å². The average Bonchev–Trinajstić information content (AvgIpc) is 2.15. The second-order valence-corrected chi connectivity index (χ2v) is 3.25. The van der Waals surface area contributed by atoms with Crippen LogP contribution < -0.4 is 0 Å². The van der Waals surface area contributed by atoms with Crippen LogP contribution in [0.1, 0.15) is 31.4 Å². The summed E-state index contributed by atoms with van der Waals surface area (Å²) in [5, 5.41) is 16.9. The number of hydrogen-bond acceptors (Lipinski definition) is 2. The quantitative estimate of drug-likeness (QED) is 0.682. The zero-order valence-corrected chi connectivity index (χ0v) is 7.83. The summed E-state index contributed by atoms with van der Waals surface area (Å²) in [6.07, 6.45) is 0.872. The third kappa shape index (κ3) is 3.38. The minimum atomic E-state index is -0.429. The molecule has 0 aliphatic heterocycles. The van der Waals surface area contributed by atoms with Gasteiger partial charge in [-0.1, -0.05) is 30.3 Å². The largest absolute Gasteiger partial charge is 0.388 e. The van der Waals surface area contributed by atoms with E-state index in [0.717, 1.165) is 5.56 Å². The van der Waals surface area contributed by atoms with Crippen molar-refractivity contribution >= 4 is 5.71 Å². The first-order valence-electron chi connectivity index (χ1n) is 4.47. The molecular weight excluding hydrogens is 162 g/mol. The molecule has 1 aromatic carbocycles. The molecule has 0 aromatic heterocycles. The highest BCUT2D eigenvalue weighted by Crippen LogP contribution is 2.17. The molecule has 0 saturated carbocycles. The molecular formula is C11H15NO. The van der Waals surface area contributed by atoms with Crippen molar-refractivity contribution in [2.24, 2.45) is 0 Å². The molecule has 0 spiro atoms. The molecule has 2 nitrogen and oxygen atoms in total. The van der Waals surface area contributed by atoms with E-state index in [2.05, 4.69) is 0 Å². The van der Waals surface area contributed by atoms with Crippen LogP contribution in [0.4, 0.5) is 0 Å². The van der Waals surface area contributed by atoms with Crippen molar-refractivity contribution in [1.29, 1.82) is 5.41 Å². The Bertz CT molecular complexity index is 269. The predicted octanol–water partition coefficient (Wildman–Crippen LogP) is 2.54. The highest BCUT2D eigenvalue weighted by molar-refractivity contribution is 5.78. The van der Waals surface area contributed by atoms with E-state index in [1.807, 2.05) is 30.3 Å². The lowest BCUT2D eigenvalue weighted by molar-refractivity contribution is 0.170. The Kier molecular flexibility index (Phi) is 3.65. The number of benzene rings is 1. The third-order valence-electron chi connectivity index (χ3n) is 1.98. The molecule has 2 N–H and O–H groups in total. The molecule has 1 rings (SSSR count). The van der Waals surface area contributed by atoms with Gasteiger partial charge in [0.15, 0.2) is 0 Å². The minimum Gasteiger partial charge on any atom is -0.388 e. The molecule has 1 atom stereocenters. The Morgan fingerprint density at radius 2 is 2.00 bits per heavy atom. The van der Waals surface area contributed by atoms with Gasteiger partial charge >= 0.3 is 0 Å². The van der Waals surface area contributed by atoms with Crippen molar-refractivity contribution in [2.75, 3.05) is 0 Å². The molecule has 70 valence electrons. The maximum atomic E-state index is 9.67. The zero-order valence-electron chi connectivity index (χ0n) is 7.83. The Hall–Kier alpha value is -1.15. The fourth-order valence-electron chi connectivity index (χ4n) is 1.20. The first-order valence-corrected chi connectivity index (χ1v) is 4.47. The van der Waals surface area contributed by atoms with E-state index in [4.69, 9.17) is 5.41 Å². The SMILES string of the molecule is CC(=N)CCC(O)c1ccccc1. The van der Waals surface area contributed by atoms with Crippen LogP contribution in [0.2, 0.25) is 0 Å². The highest BCUT2D eigenvalue weighted by atomic mass is 16.3. The van der Waals surface area contributed by atoms with Crippen LogP contribution in [0, 0.1) is 5.41 Å². The zero-order chi connectivity index (χ0) is 9.68. The molecule has 2 heteroatoms. The van der Waals surface area contributed by atoms with Crippen LogP contribution in [0.15, 0.2) is 30.3 Å². The number of rotatable bonds is 4. The second-order valence-electron chi connectivity index (χ2n) is 3.25. The fourth-order valence-corrected chi connectivity index (χ4v) is 1.20. The van der Waals surface area contributed by atoms with Crippen LogP contribution in [0.3, 0.4) is 0 Å². The number of nitrogens with one attached hydrogen (secondary N) is 1. The maximum absolute atomic E-state index is 9.67. The molecule has 0 fully saturated rings. The predicted molar refractivity (Wildman–Crippen MR) is 54.0 cm³/mol. The van der Waals surface area contributed by atoms with Gasteiger partial charge in [-0.05, 0) is 25.3 Å². The van der Waals surface area contributed by atoms with Gasteiger partial charge in [-0.3, -0.25) is 0 Å². The van der Waals surface area contributed by atoms with E-state index in [1.54, 1.807) is 6.92 Å². The van der Waals surface area contributed by atoms with Gasteiger partial charge in [0, 0.05) is 5.71 Å². The summed E-state index contributed by atoms with van der Waals surface area (Å²) in [6, 6.07) is 9.57. The van der Waals surface area contributed by atoms with Gasteiger partial charge in [-0.25, -0.2) is 0 Å². The van der Waals surface area contributed by atoms with E-state index in [0.29, 0.717) is 18.6 Å². The van der Waals surface area contributed by atoms with E-state index in [9.17, 15) is 5.11 Å². The average molecular weight is 177 g/mol. The third-order valence-corrected chi connectivity index (χ3v) is 1.98. The molecule has 13 heavy (non-hydrogen) atoms. The molecule has 1 aromatic rings. The molecule has 0 radical (unpaired) electrons. The molecule has 1 unspecified atom stereocenters. The highest BCUT2D eigenvalue weighted by Gasteiger charge is 2.05. The molecule has 0 heterocycles. The van der Waals surface area contributed by atoms with Crippen molar-refractivity contribution in [2.45, 2.75) is 25.9 Å². The Balaban J connectivity index is 2.49. The summed E-state index contributed by atoms with van der Waals surface area (Å²) in [6.45, 7) is 1.76. The van der Waals surface area contributed by atoms with E-state index in [-0.39, 0.29) is 0 Å². The topological polar surface area (TPSA) is 44.1 Å². The van der Waals surface area contributed by atoms with Crippen molar-refractivity contribution in [3.63, 3.8) is 0 Å². The fraction of sp³-hybridized carbons (Fsp3) is 0.364. The van der Waals surface area contributed by atoms with Gasteiger partial charge in [0.25, 0.3) is 0 Å². The summed E-state index contributed by atoms with van der Waals surface area (Å²) >= 11 is 0. The Morgan fingerprint density at radius 3 is 2.54 bits per heavy atom. The Labute approximate surface area is 78.7 Å². The molecule has 0 bridgehead atoms.